The Morgan fingerprint density at radius 3 is 2.87 bits per heavy atom. The van der Waals surface area contributed by atoms with E-state index in [1.165, 1.54) is 0 Å². The van der Waals surface area contributed by atoms with E-state index in [1.54, 1.807) is 18.3 Å². The predicted octanol–water partition coefficient (Wildman–Crippen LogP) is 2.52. The van der Waals surface area contributed by atoms with Crippen LogP contribution in [0.3, 0.4) is 0 Å². The molecule has 0 amide bonds. The average Bonchev–Trinajstić information content (AvgIpc) is 2.20. The molecule has 0 radical (unpaired) electrons. The number of carboxylic acids is 1. The van der Waals surface area contributed by atoms with Gasteiger partial charge >= 0.3 is 5.97 Å². The van der Waals surface area contributed by atoms with Crippen molar-refractivity contribution in [3.8, 4) is 0 Å². The van der Waals surface area contributed by atoms with Gasteiger partial charge in [-0.25, -0.2) is 0 Å². The highest BCUT2D eigenvalue weighted by atomic mass is 16.4. The summed E-state index contributed by atoms with van der Waals surface area (Å²) in [7, 11) is 0. The minimum Gasteiger partial charge on any atom is -0.481 e. The van der Waals surface area contributed by atoms with Crippen LogP contribution in [0.2, 0.25) is 0 Å². The number of rotatable bonds is 5. The van der Waals surface area contributed by atoms with Crippen LogP contribution in [0.15, 0.2) is 24.4 Å². The number of hydrogen-bond acceptors (Lipinski definition) is 2. The highest BCUT2D eigenvalue weighted by Crippen LogP contribution is 2.04. The Hall–Kier alpha value is -1.64. The van der Waals surface area contributed by atoms with Crippen molar-refractivity contribution in [2.24, 2.45) is 0 Å². The Kier molecular flexibility index (Phi) is 4.54. The SMILES string of the molecule is CCCc1ccc(/C=C/CC(=O)O)cn1. The van der Waals surface area contributed by atoms with Crippen molar-refractivity contribution in [1.29, 1.82) is 0 Å². The van der Waals surface area contributed by atoms with E-state index in [-0.39, 0.29) is 6.42 Å². The molecule has 0 fully saturated rings. The molecule has 1 N–H and O–H groups in total. The molecule has 0 spiro atoms. The van der Waals surface area contributed by atoms with Crippen LogP contribution in [0, 0.1) is 0 Å². The Morgan fingerprint density at radius 2 is 2.33 bits per heavy atom. The van der Waals surface area contributed by atoms with E-state index in [0.717, 1.165) is 24.1 Å². The van der Waals surface area contributed by atoms with Gasteiger partial charge in [0, 0.05) is 11.9 Å². The zero-order chi connectivity index (χ0) is 11.1. The molecule has 0 aliphatic rings. The lowest BCUT2D eigenvalue weighted by molar-refractivity contribution is -0.135. The normalized spacial score (nSPS) is 10.7. The second-order valence-corrected chi connectivity index (χ2v) is 3.33. The molecule has 0 saturated carbocycles. The summed E-state index contributed by atoms with van der Waals surface area (Å²) < 4.78 is 0. The van der Waals surface area contributed by atoms with Gasteiger partial charge in [-0.05, 0) is 18.1 Å². The first-order valence-corrected chi connectivity index (χ1v) is 5.05. The summed E-state index contributed by atoms with van der Waals surface area (Å²) in [5.41, 5.74) is 2.02. The van der Waals surface area contributed by atoms with Crippen LogP contribution in [-0.2, 0) is 11.2 Å². The van der Waals surface area contributed by atoms with Crippen LogP contribution < -0.4 is 0 Å². The van der Waals surface area contributed by atoms with Gasteiger partial charge in [-0.15, -0.1) is 0 Å². The quantitative estimate of drug-likeness (QED) is 0.803. The van der Waals surface area contributed by atoms with Crippen molar-refractivity contribution in [1.82, 2.24) is 4.98 Å². The lowest BCUT2D eigenvalue weighted by Gasteiger charge is -1.97. The van der Waals surface area contributed by atoms with Crippen molar-refractivity contribution >= 4 is 12.0 Å². The molecule has 1 aromatic heterocycles. The van der Waals surface area contributed by atoms with Crippen LogP contribution in [0.1, 0.15) is 31.0 Å². The van der Waals surface area contributed by atoms with E-state index in [4.69, 9.17) is 5.11 Å². The number of aryl methyl sites for hydroxylation is 1. The predicted molar refractivity (Wildman–Crippen MR) is 59.5 cm³/mol. The summed E-state index contributed by atoms with van der Waals surface area (Å²) in [6.07, 6.45) is 7.29. The van der Waals surface area contributed by atoms with Gasteiger partial charge in [-0.3, -0.25) is 9.78 Å². The number of carbonyl (C=O) groups is 1. The molecule has 0 aliphatic heterocycles. The highest BCUT2D eigenvalue weighted by molar-refractivity contribution is 5.70. The van der Waals surface area contributed by atoms with Crippen molar-refractivity contribution in [3.05, 3.63) is 35.7 Å². The fraction of sp³-hybridized carbons (Fsp3) is 0.333. The zero-order valence-electron chi connectivity index (χ0n) is 8.81. The molecule has 0 unspecified atom stereocenters. The molecule has 0 aliphatic carbocycles. The smallest absolute Gasteiger partial charge is 0.307 e. The van der Waals surface area contributed by atoms with Gasteiger partial charge in [0.15, 0.2) is 0 Å². The number of pyridine rings is 1. The third-order valence-corrected chi connectivity index (χ3v) is 1.96. The Balaban J connectivity index is 2.56. The Labute approximate surface area is 89.5 Å². The summed E-state index contributed by atoms with van der Waals surface area (Å²) in [5, 5.41) is 8.44. The van der Waals surface area contributed by atoms with Crippen LogP contribution in [0.4, 0.5) is 0 Å². The van der Waals surface area contributed by atoms with E-state index in [0.29, 0.717) is 0 Å². The van der Waals surface area contributed by atoms with Crippen molar-refractivity contribution in [3.63, 3.8) is 0 Å². The minimum atomic E-state index is -0.818. The molecule has 15 heavy (non-hydrogen) atoms. The maximum Gasteiger partial charge on any atom is 0.307 e. The molecule has 1 heterocycles. The third kappa shape index (κ3) is 4.40. The van der Waals surface area contributed by atoms with E-state index >= 15 is 0 Å². The van der Waals surface area contributed by atoms with Crippen LogP contribution in [0.25, 0.3) is 6.08 Å². The molecule has 0 saturated heterocycles. The van der Waals surface area contributed by atoms with Gasteiger partial charge < -0.3 is 5.11 Å². The molecule has 0 bridgehead atoms. The minimum absolute atomic E-state index is 0.0523. The van der Waals surface area contributed by atoms with Gasteiger partial charge in [0.05, 0.1) is 6.42 Å². The fourth-order valence-corrected chi connectivity index (χ4v) is 1.23. The largest absolute Gasteiger partial charge is 0.481 e. The Morgan fingerprint density at radius 1 is 1.53 bits per heavy atom. The first kappa shape index (κ1) is 11.4. The number of aromatic nitrogens is 1. The topological polar surface area (TPSA) is 50.2 Å². The summed E-state index contributed by atoms with van der Waals surface area (Å²) in [6, 6.07) is 3.93. The first-order chi connectivity index (χ1) is 7.22. The summed E-state index contributed by atoms with van der Waals surface area (Å²) >= 11 is 0. The molecular formula is C12H15NO2. The second kappa shape index (κ2) is 5.96. The van der Waals surface area contributed by atoms with Gasteiger partial charge in [0.25, 0.3) is 0 Å². The van der Waals surface area contributed by atoms with E-state index < -0.39 is 5.97 Å². The summed E-state index contributed by atoms with van der Waals surface area (Å²) in [4.78, 5) is 14.5. The average molecular weight is 205 g/mol. The van der Waals surface area contributed by atoms with Crippen LogP contribution >= 0.6 is 0 Å². The summed E-state index contributed by atoms with van der Waals surface area (Å²) in [5.74, 6) is -0.818. The summed E-state index contributed by atoms with van der Waals surface area (Å²) in [6.45, 7) is 2.11. The molecule has 3 nitrogen and oxygen atoms in total. The standard InChI is InChI=1S/C12H15NO2/c1-2-4-11-8-7-10(9-13-11)5-3-6-12(14)15/h3,5,7-9H,2,4,6H2,1H3,(H,14,15)/b5-3+. The lowest BCUT2D eigenvalue weighted by Crippen LogP contribution is -1.90. The lowest BCUT2D eigenvalue weighted by atomic mass is 10.2. The zero-order valence-corrected chi connectivity index (χ0v) is 8.81. The van der Waals surface area contributed by atoms with Gasteiger partial charge in [0.1, 0.15) is 0 Å². The molecule has 0 atom stereocenters. The van der Waals surface area contributed by atoms with Gasteiger partial charge in [-0.1, -0.05) is 31.6 Å². The fourth-order valence-electron chi connectivity index (χ4n) is 1.23. The molecule has 1 rings (SSSR count). The van der Waals surface area contributed by atoms with Crippen molar-refractivity contribution < 1.29 is 9.90 Å². The molecule has 80 valence electrons. The third-order valence-electron chi connectivity index (χ3n) is 1.96. The molecule has 1 aromatic rings. The highest BCUT2D eigenvalue weighted by Gasteiger charge is 1.93. The number of carboxylic acid groups (broad SMARTS) is 1. The van der Waals surface area contributed by atoms with Crippen molar-refractivity contribution in [2.45, 2.75) is 26.2 Å². The van der Waals surface area contributed by atoms with E-state index in [2.05, 4.69) is 11.9 Å². The molecule has 3 heteroatoms. The first-order valence-electron chi connectivity index (χ1n) is 5.05. The Bertz CT molecular complexity index is 341. The number of aliphatic carboxylic acids is 1. The second-order valence-electron chi connectivity index (χ2n) is 3.33. The van der Waals surface area contributed by atoms with Crippen molar-refractivity contribution in [2.75, 3.05) is 0 Å². The monoisotopic (exact) mass is 205 g/mol. The van der Waals surface area contributed by atoms with Gasteiger partial charge in [-0.2, -0.15) is 0 Å². The maximum absolute atomic E-state index is 10.3. The maximum atomic E-state index is 10.3. The molecule has 0 aromatic carbocycles. The van der Waals surface area contributed by atoms with Gasteiger partial charge in [0.2, 0.25) is 0 Å². The van der Waals surface area contributed by atoms with E-state index in [1.807, 2.05) is 12.1 Å². The number of nitrogens with zero attached hydrogens (tertiary/aromatic N) is 1. The number of hydrogen-bond donors (Lipinski definition) is 1. The van der Waals surface area contributed by atoms with Crippen LogP contribution in [0.5, 0.6) is 0 Å². The molecular weight excluding hydrogens is 190 g/mol. The van der Waals surface area contributed by atoms with Crippen LogP contribution in [-0.4, -0.2) is 16.1 Å². The van der Waals surface area contributed by atoms with E-state index in [9.17, 15) is 4.79 Å².